The van der Waals surface area contributed by atoms with Crippen molar-refractivity contribution in [3.63, 3.8) is 0 Å². The van der Waals surface area contributed by atoms with Crippen LogP contribution >= 0.6 is 0 Å². The second-order valence-corrected chi connectivity index (χ2v) is 3.50. The second kappa shape index (κ2) is 4.47. The Bertz CT molecular complexity index is 298. The zero-order valence-corrected chi connectivity index (χ0v) is 8.42. The first kappa shape index (κ1) is 9.53. The lowest BCUT2D eigenvalue weighted by Crippen LogP contribution is -2.20. The molecule has 1 aliphatic rings. The van der Waals surface area contributed by atoms with E-state index in [1.165, 1.54) is 18.4 Å². The van der Waals surface area contributed by atoms with Gasteiger partial charge in [-0.1, -0.05) is 31.5 Å². The van der Waals surface area contributed by atoms with Crippen molar-refractivity contribution in [3.8, 4) is 5.75 Å². The van der Waals surface area contributed by atoms with Gasteiger partial charge in [0.1, 0.15) is 5.75 Å². The molecule has 2 radical (unpaired) electrons. The van der Waals surface area contributed by atoms with Crippen LogP contribution in [0.25, 0.3) is 0 Å². The molecule has 1 heterocycles. The third-order valence-electron chi connectivity index (χ3n) is 2.40. The summed E-state index contributed by atoms with van der Waals surface area (Å²) in [4.78, 5) is 0. The minimum Gasteiger partial charge on any atom is -0.476 e. The summed E-state index contributed by atoms with van der Waals surface area (Å²) >= 11 is 0. The number of rotatable bonds is 4. The number of unbranched alkanes of at least 4 members (excludes halogenated alkanes) is 1. The molecule has 2 rings (SSSR count). The Morgan fingerprint density at radius 1 is 1.43 bits per heavy atom. The highest BCUT2D eigenvalue weighted by molar-refractivity contribution is 5.40. The van der Waals surface area contributed by atoms with Gasteiger partial charge in [-0.05, 0) is 19.0 Å². The molecule has 14 heavy (non-hydrogen) atoms. The van der Waals surface area contributed by atoms with Crippen LogP contribution in [0.3, 0.4) is 0 Å². The van der Waals surface area contributed by atoms with Crippen LogP contribution in [0.4, 0.5) is 0 Å². The van der Waals surface area contributed by atoms with Crippen LogP contribution in [0.5, 0.6) is 5.75 Å². The summed E-state index contributed by atoms with van der Waals surface area (Å²) < 4.78 is 5.33. The zero-order chi connectivity index (χ0) is 9.80. The average molecular weight is 189 g/mol. The maximum Gasteiger partial charge on any atom is 0.219 e. The van der Waals surface area contributed by atoms with Gasteiger partial charge in [0.25, 0.3) is 0 Å². The molecule has 0 aliphatic carbocycles. The van der Waals surface area contributed by atoms with Crippen molar-refractivity contribution in [3.05, 3.63) is 36.4 Å². The van der Waals surface area contributed by atoms with E-state index in [4.69, 9.17) is 4.74 Å². The molecule has 0 bridgehead atoms. The average Bonchev–Trinajstić information content (AvgIpc) is 2.63. The third-order valence-corrected chi connectivity index (χ3v) is 2.40. The van der Waals surface area contributed by atoms with Gasteiger partial charge in [-0.15, -0.1) is 0 Å². The standard InChI is InChI=1S/C12H15NO/c1-2-3-8-13-11-9-14-12-7-5-4-6-10(11)12/h4-7,11,13H,2-3,8H2,1H3. The topological polar surface area (TPSA) is 21.3 Å². The van der Waals surface area contributed by atoms with Crippen molar-refractivity contribution in [2.45, 2.75) is 25.8 Å². The molecule has 1 unspecified atom stereocenters. The number of benzene rings is 1. The zero-order valence-electron chi connectivity index (χ0n) is 8.42. The first-order valence-corrected chi connectivity index (χ1v) is 5.16. The SMILES string of the molecule is CCCCNC1[C]Oc2ccccc21. The maximum atomic E-state index is 5.33. The lowest BCUT2D eigenvalue weighted by atomic mass is 10.1. The van der Waals surface area contributed by atoms with Gasteiger partial charge in [-0.25, -0.2) is 0 Å². The molecule has 0 saturated carbocycles. The minimum atomic E-state index is 0.151. The van der Waals surface area contributed by atoms with E-state index < -0.39 is 0 Å². The normalized spacial score (nSPS) is 19.1. The largest absolute Gasteiger partial charge is 0.476 e. The number of nitrogens with one attached hydrogen (secondary N) is 1. The first-order chi connectivity index (χ1) is 6.92. The van der Waals surface area contributed by atoms with E-state index in [0.29, 0.717) is 0 Å². The fraction of sp³-hybridized carbons (Fsp3) is 0.417. The van der Waals surface area contributed by atoms with E-state index in [1.807, 2.05) is 18.2 Å². The molecule has 1 aliphatic heterocycles. The molecule has 1 atom stereocenters. The fourth-order valence-corrected chi connectivity index (χ4v) is 1.57. The molecule has 1 aromatic carbocycles. The van der Waals surface area contributed by atoms with Crippen molar-refractivity contribution >= 4 is 0 Å². The van der Waals surface area contributed by atoms with Gasteiger partial charge < -0.3 is 10.1 Å². The number of hydrogen-bond acceptors (Lipinski definition) is 2. The van der Waals surface area contributed by atoms with Gasteiger partial charge in [0.05, 0.1) is 6.04 Å². The van der Waals surface area contributed by atoms with E-state index in [0.717, 1.165) is 12.3 Å². The number of ether oxygens (including phenoxy) is 1. The lowest BCUT2D eigenvalue weighted by molar-refractivity contribution is 0.392. The Hall–Kier alpha value is -1.02. The minimum absolute atomic E-state index is 0.151. The number of hydrogen-bond donors (Lipinski definition) is 1. The molecular weight excluding hydrogens is 174 g/mol. The van der Waals surface area contributed by atoms with Crippen LogP contribution in [0.2, 0.25) is 0 Å². The molecule has 74 valence electrons. The van der Waals surface area contributed by atoms with Gasteiger partial charge in [0.15, 0.2) is 0 Å². The number of fused-ring (bicyclic) bond motifs is 1. The highest BCUT2D eigenvalue weighted by atomic mass is 16.5. The number of para-hydroxylation sites is 1. The van der Waals surface area contributed by atoms with E-state index in [-0.39, 0.29) is 6.04 Å². The van der Waals surface area contributed by atoms with E-state index in [2.05, 4.69) is 24.9 Å². The van der Waals surface area contributed by atoms with E-state index in [9.17, 15) is 0 Å². The molecule has 0 spiro atoms. The molecule has 2 nitrogen and oxygen atoms in total. The summed E-state index contributed by atoms with van der Waals surface area (Å²) in [5, 5.41) is 3.40. The van der Waals surface area contributed by atoms with Crippen molar-refractivity contribution in [1.82, 2.24) is 5.32 Å². The molecule has 2 heteroatoms. The molecule has 0 saturated heterocycles. The molecule has 1 N–H and O–H groups in total. The molecule has 0 fully saturated rings. The smallest absolute Gasteiger partial charge is 0.219 e. The Balaban J connectivity index is 1.96. The van der Waals surface area contributed by atoms with Crippen molar-refractivity contribution < 1.29 is 4.74 Å². The summed E-state index contributed by atoms with van der Waals surface area (Å²) in [6.07, 6.45) is 2.41. The summed E-state index contributed by atoms with van der Waals surface area (Å²) in [5.74, 6) is 0.932. The summed E-state index contributed by atoms with van der Waals surface area (Å²) in [7, 11) is 0. The lowest BCUT2D eigenvalue weighted by Gasteiger charge is -2.09. The summed E-state index contributed by atoms with van der Waals surface area (Å²) in [5.41, 5.74) is 1.20. The monoisotopic (exact) mass is 189 g/mol. The first-order valence-electron chi connectivity index (χ1n) is 5.16. The Kier molecular flexibility index (Phi) is 3.04. The highest BCUT2D eigenvalue weighted by Gasteiger charge is 2.24. The van der Waals surface area contributed by atoms with Crippen LogP contribution in [0, 0.1) is 6.61 Å². The van der Waals surface area contributed by atoms with Crippen molar-refractivity contribution in [1.29, 1.82) is 0 Å². The molecule has 0 aromatic heterocycles. The van der Waals surface area contributed by atoms with Gasteiger partial charge in [-0.2, -0.15) is 0 Å². The van der Waals surface area contributed by atoms with Crippen LogP contribution in [-0.4, -0.2) is 6.54 Å². The Morgan fingerprint density at radius 3 is 3.14 bits per heavy atom. The van der Waals surface area contributed by atoms with Gasteiger partial charge >= 0.3 is 0 Å². The third kappa shape index (κ3) is 1.90. The quantitative estimate of drug-likeness (QED) is 0.735. The Labute approximate surface area is 85.3 Å². The molecule has 1 aromatic rings. The second-order valence-electron chi connectivity index (χ2n) is 3.50. The fourth-order valence-electron chi connectivity index (χ4n) is 1.57. The predicted octanol–water partition coefficient (Wildman–Crippen LogP) is 2.55. The van der Waals surface area contributed by atoms with Crippen LogP contribution in [0.15, 0.2) is 24.3 Å². The van der Waals surface area contributed by atoms with Gasteiger partial charge in [-0.3, -0.25) is 0 Å². The van der Waals surface area contributed by atoms with Crippen molar-refractivity contribution in [2.24, 2.45) is 0 Å². The highest BCUT2D eigenvalue weighted by Crippen LogP contribution is 2.33. The van der Waals surface area contributed by atoms with Crippen LogP contribution < -0.4 is 10.1 Å². The predicted molar refractivity (Wildman–Crippen MR) is 56.0 cm³/mol. The van der Waals surface area contributed by atoms with Gasteiger partial charge in [0.2, 0.25) is 6.61 Å². The molecular formula is C12H15NO. The van der Waals surface area contributed by atoms with E-state index in [1.54, 1.807) is 0 Å². The molecule has 0 amide bonds. The van der Waals surface area contributed by atoms with E-state index >= 15 is 0 Å². The van der Waals surface area contributed by atoms with Crippen molar-refractivity contribution in [2.75, 3.05) is 6.54 Å². The van der Waals surface area contributed by atoms with Gasteiger partial charge in [0, 0.05) is 5.56 Å². The van der Waals surface area contributed by atoms with Crippen LogP contribution in [0.1, 0.15) is 31.4 Å². The maximum absolute atomic E-state index is 5.33. The van der Waals surface area contributed by atoms with Crippen LogP contribution in [-0.2, 0) is 0 Å². The summed E-state index contributed by atoms with van der Waals surface area (Å²) in [6.45, 7) is 6.18. The summed E-state index contributed by atoms with van der Waals surface area (Å²) in [6, 6.07) is 8.22. The Morgan fingerprint density at radius 2 is 2.29 bits per heavy atom.